The molecule has 28 heavy (non-hydrogen) atoms. The summed E-state index contributed by atoms with van der Waals surface area (Å²) in [5, 5.41) is 6.84. The third-order valence-corrected chi connectivity index (χ3v) is 4.50. The summed E-state index contributed by atoms with van der Waals surface area (Å²) in [6.45, 7) is 1.12. The number of pyridine rings is 1. The van der Waals surface area contributed by atoms with Gasteiger partial charge in [0.05, 0.1) is 12.7 Å². The molecule has 0 bridgehead atoms. The van der Waals surface area contributed by atoms with Gasteiger partial charge in [0, 0.05) is 29.9 Å². The summed E-state index contributed by atoms with van der Waals surface area (Å²) in [4.78, 5) is 16.6. The zero-order valence-electron chi connectivity index (χ0n) is 15.6. The molecule has 5 nitrogen and oxygen atoms in total. The summed E-state index contributed by atoms with van der Waals surface area (Å²) < 4.78 is 5.34. The van der Waals surface area contributed by atoms with Crippen LogP contribution in [0.15, 0.2) is 66.9 Å². The number of nitrogens with zero attached hydrogens (tertiary/aromatic N) is 1. The Morgan fingerprint density at radius 1 is 1.11 bits per heavy atom. The first-order valence-corrected chi connectivity index (χ1v) is 9.38. The molecule has 0 atom stereocenters. The van der Waals surface area contributed by atoms with E-state index in [0.29, 0.717) is 29.5 Å². The summed E-state index contributed by atoms with van der Waals surface area (Å²) in [6, 6.07) is 19.0. The number of halogens is 1. The lowest BCUT2D eigenvalue weighted by atomic mass is 10.1. The second-order valence-corrected chi connectivity index (χ2v) is 6.67. The fourth-order valence-electron chi connectivity index (χ4n) is 2.78. The van der Waals surface area contributed by atoms with E-state index in [2.05, 4.69) is 15.6 Å². The van der Waals surface area contributed by atoms with Crippen LogP contribution in [0.4, 0.5) is 5.82 Å². The fourth-order valence-corrected chi connectivity index (χ4v) is 3.00. The van der Waals surface area contributed by atoms with Crippen molar-refractivity contribution >= 4 is 23.3 Å². The van der Waals surface area contributed by atoms with Crippen LogP contribution < -0.4 is 15.4 Å². The van der Waals surface area contributed by atoms with Crippen molar-refractivity contribution in [3.8, 4) is 5.75 Å². The van der Waals surface area contributed by atoms with Crippen molar-refractivity contribution in [3.63, 3.8) is 0 Å². The van der Waals surface area contributed by atoms with Crippen molar-refractivity contribution in [2.45, 2.75) is 13.0 Å². The Hall–Kier alpha value is -3.05. The summed E-state index contributed by atoms with van der Waals surface area (Å²) >= 11 is 5.97. The van der Waals surface area contributed by atoms with Crippen molar-refractivity contribution in [3.05, 3.63) is 88.6 Å². The van der Waals surface area contributed by atoms with E-state index in [1.165, 1.54) is 0 Å². The summed E-state index contributed by atoms with van der Waals surface area (Å²) in [6.07, 6.45) is 2.29. The van der Waals surface area contributed by atoms with Gasteiger partial charge in [0.25, 0.3) is 5.91 Å². The van der Waals surface area contributed by atoms with Crippen LogP contribution in [0.25, 0.3) is 0 Å². The van der Waals surface area contributed by atoms with E-state index >= 15 is 0 Å². The number of benzene rings is 2. The van der Waals surface area contributed by atoms with Gasteiger partial charge in [-0.2, -0.15) is 0 Å². The van der Waals surface area contributed by atoms with Crippen LogP contribution >= 0.6 is 11.6 Å². The molecule has 0 saturated heterocycles. The molecule has 0 radical (unpaired) electrons. The number of aromatic nitrogens is 1. The first-order chi connectivity index (χ1) is 13.7. The highest BCUT2D eigenvalue weighted by Gasteiger charge is 2.07. The maximum Gasteiger partial charge on any atom is 0.252 e. The highest BCUT2D eigenvalue weighted by atomic mass is 35.5. The standard InChI is InChI=1S/C22H22ClN3O2/c1-28-20-8-3-2-6-17(20)14-25-21-10-9-18(15-26-21)22(27)24-12-11-16-5-4-7-19(23)13-16/h2-10,13,15H,11-12,14H2,1H3,(H,24,27)(H,25,26). The van der Waals surface area contributed by atoms with E-state index in [1.807, 2.05) is 48.5 Å². The minimum absolute atomic E-state index is 0.147. The number of nitrogens with one attached hydrogen (secondary N) is 2. The van der Waals surface area contributed by atoms with Gasteiger partial charge in [0.15, 0.2) is 0 Å². The highest BCUT2D eigenvalue weighted by Crippen LogP contribution is 2.18. The number of methoxy groups -OCH3 is 1. The van der Waals surface area contributed by atoms with E-state index in [1.54, 1.807) is 25.4 Å². The van der Waals surface area contributed by atoms with Crippen molar-refractivity contribution in [1.82, 2.24) is 10.3 Å². The molecule has 2 N–H and O–H groups in total. The van der Waals surface area contributed by atoms with Crippen LogP contribution in [0.5, 0.6) is 5.75 Å². The minimum atomic E-state index is -0.147. The summed E-state index contributed by atoms with van der Waals surface area (Å²) in [7, 11) is 1.65. The van der Waals surface area contributed by atoms with E-state index in [4.69, 9.17) is 16.3 Å². The first-order valence-electron chi connectivity index (χ1n) is 9.00. The SMILES string of the molecule is COc1ccccc1CNc1ccc(C(=O)NCCc2cccc(Cl)c2)cn1. The third-order valence-electron chi connectivity index (χ3n) is 4.27. The molecule has 2 aromatic carbocycles. The normalized spacial score (nSPS) is 10.4. The lowest BCUT2D eigenvalue weighted by Crippen LogP contribution is -2.25. The average molecular weight is 396 g/mol. The minimum Gasteiger partial charge on any atom is -0.496 e. The largest absolute Gasteiger partial charge is 0.496 e. The first kappa shape index (κ1) is 19.7. The monoisotopic (exact) mass is 395 g/mol. The highest BCUT2D eigenvalue weighted by molar-refractivity contribution is 6.30. The van der Waals surface area contributed by atoms with Crippen LogP contribution in [0.3, 0.4) is 0 Å². The lowest BCUT2D eigenvalue weighted by molar-refractivity contribution is 0.0954. The molecule has 1 heterocycles. The Morgan fingerprint density at radius 3 is 2.71 bits per heavy atom. The summed E-state index contributed by atoms with van der Waals surface area (Å²) in [5.41, 5.74) is 2.64. The number of rotatable bonds is 8. The van der Waals surface area contributed by atoms with Crippen LogP contribution in [0, 0.1) is 0 Å². The Morgan fingerprint density at radius 2 is 1.96 bits per heavy atom. The van der Waals surface area contributed by atoms with Gasteiger partial charge in [-0.15, -0.1) is 0 Å². The van der Waals surface area contributed by atoms with Gasteiger partial charge in [-0.25, -0.2) is 4.98 Å². The van der Waals surface area contributed by atoms with Crippen LogP contribution in [0.1, 0.15) is 21.5 Å². The average Bonchev–Trinajstić information content (AvgIpc) is 2.73. The fraction of sp³-hybridized carbons (Fsp3) is 0.182. The molecule has 0 aliphatic heterocycles. The van der Waals surface area contributed by atoms with Crippen molar-refractivity contribution in [1.29, 1.82) is 0 Å². The van der Waals surface area contributed by atoms with E-state index in [0.717, 1.165) is 23.3 Å². The second kappa shape index (κ2) is 9.76. The predicted molar refractivity (Wildman–Crippen MR) is 112 cm³/mol. The molecule has 0 saturated carbocycles. The lowest BCUT2D eigenvalue weighted by Gasteiger charge is -2.10. The molecular formula is C22H22ClN3O2. The smallest absolute Gasteiger partial charge is 0.252 e. The number of hydrogen-bond acceptors (Lipinski definition) is 4. The molecule has 0 spiro atoms. The zero-order chi connectivity index (χ0) is 19.8. The zero-order valence-corrected chi connectivity index (χ0v) is 16.4. The third kappa shape index (κ3) is 5.47. The van der Waals surface area contributed by atoms with E-state index in [9.17, 15) is 4.79 Å². The van der Waals surface area contributed by atoms with Crippen molar-refractivity contribution in [2.24, 2.45) is 0 Å². The Balaban J connectivity index is 1.50. The number of hydrogen-bond donors (Lipinski definition) is 2. The second-order valence-electron chi connectivity index (χ2n) is 6.23. The number of carbonyl (C=O) groups excluding carboxylic acids is 1. The van der Waals surface area contributed by atoms with Crippen LogP contribution in [-0.2, 0) is 13.0 Å². The molecule has 144 valence electrons. The van der Waals surface area contributed by atoms with Gasteiger partial charge in [0.1, 0.15) is 11.6 Å². The predicted octanol–water partition coefficient (Wildman–Crippen LogP) is 4.33. The molecule has 3 rings (SSSR count). The Bertz CT molecular complexity index is 929. The topological polar surface area (TPSA) is 63.2 Å². The maximum atomic E-state index is 12.3. The number of anilines is 1. The van der Waals surface area contributed by atoms with Gasteiger partial charge in [-0.05, 0) is 42.3 Å². The summed E-state index contributed by atoms with van der Waals surface area (Å²) in [5.74, 6) is 1.37. The van der Waals surface area contributed by atoms with Gasteiger partial charge >= 0.3 is 0 Å². The van der Waals surface area contributed by atoms with Crippen molar-refractivity contribution in [2.75, 3.05) is 19.0 Å². The number of amides is 1. The Labute approximate surface area is 169 Å². The quantitative estimate of drug-likeness (QED) is 0.596. The van der Waals surface area contributed by atoms with Crippen LogP contribution in [-0.4, -0.2) is 24.5 Å². The van der Waals surface area contributed by atoms with Gasteiger partial charge in [-0.3, -0.25) is 4.79 Å². The molecule has 6 heteroatoms. The maximum absolute atomic E-state index is 12.3. The van der Waals surface area contributed by atoms with E-state index in [-0.39, 0.29) is 5.91 Å². The van der Waals surface area contributed by atoms with Gasteiger partial charge in [0.2, 0.25) is 0 Å². The van der Waals surface area contributed by atoms with Gasteiger partial charge < -0.3 is 15.4 Å². The van der Waals surface area contributed by atoms with E-state index < -0.39 is 0 Å². The van der Waals surface area contributed by atoms with Crippen LogP contribution in [0.2, 0.25) is 5.02 Å². The number of carbonyl (C=O) groups is 1. The number of ether oxygens (including phenoxy) is 1. The molecule has 0 unspecified atom stereocenters. The van der Waals surface area contributed by atoms with Gasteiger partial charge in [-0.1, -0.05) is 41.9 Å². The molecule has 0 fully saturated rings. The molecule has 1 aromatic heterocycles. The Kier molecular flexibility index (Phi) is 6.87. The number of para-hydroxylation sites is 1. The van der Waals surface area contributed by atoms with Crippen molar-refractivity contribution < 1.29 is 9.53 Å². The molecular weight excluding hydrogens is 374 g/mol. The molecule has 0 aliphatic carbocycles. The molecule has 1 amide bonds. The molecule has 0 aliphatic rings. The molecule has 3 aromatic rings.